The quantitative estimate of drug-likeness (QED) is 0.528. The number of halogens is 1. The van der Waals surface area contributed by atoms with Gasteiger partial charge in [-0.2, -0.15) is 0 Å². The second kappa shape index (κ2) is 6.03. The molecule has 2 aliphatic rings. The van der Waals surface area contributed by atoms with Crippen molar-refractivity contribution in [3.8, 4) is 0 Å². The molecule has 1 saturated heterocycles. The summed E-state index contributed by atoms with van der Waals surface area (Å²) in [5.74, 6) is -4.10. The second-order valence-electron chi connectivity index (χ2n) is 5.92. The number of aliphatic carboxylic acids is 1. The summed E-state index contributed by atoms with van der Waals surface area (Å²) in [4.78, 5) is 35.9. The third kappa shape index (κ3) is 2.83. The van der Waals surface area contributed by atoms with Gasteiger partial charge < -0.3 is 9.84 Å². The largest absolute Gasteiger partial charge is 0.481 e. The highest BCUT2D eigenvalue weighted by atomic mass is 79.9. The molecule has 0 aromatic heterocycles. The maximum Gasteiger partial charge on any atom is 0.310 e. The molecule has 3 rings (SSSR count). The topological polar surface area (TPSA) is 105 Å². The molecule has 7 nitrogen and oxygen atoms in total. The number of carboxylic acids is 1. The molecule has 0 spiro atoms. The van der Waals surface area contributed by atoms with Crippen LogP contribution in [0.1, 0.15) is 17.3 Å². The standard InChI is InChI=1S/C16H15BrN2O5/c1-16-7-6-10(24-16)11(15(22)23)12(16)14(21)19-18-13(20)8-2-4-9(17)5-3-8/h2-7,10-12H,1H3,(H,18,20)(H,19,21)(H,22,23)/t10-,11-,12-,16+/m1/s1. The lowest BCUT2D eigenvalue weighted by Crippen LogP contribution is -2.52. The minimum absolute atomic E-state index is 0.364. The van der Waals surface area contributed by atoms with E-state index in [1.54, 1.807) is 43.3 Å². The third-order valence-corrected chi connectivity index (χ3v) is 4.84. The predicted molar refractivity (Wildman–Crippen MR) is 86.8 cm³/mol. The molecule has 2 aliphatic heterocycles. The summed E-state index contributed by atoms with van der Waals surface area (Å²) in [6.45, 7) is 1.66. The van der Waals surface area contributed by atoms with E-state index in [4.69, 9.17) is 4.74 Å². The van der Waals surface area contributed by atoms with E-state index in [0.717, 1.165) is 4.47 Å². The van der Waals surface area contributed by atoms with Gasteiger partial charge in [0, 0.05) is 10.0 Å². The molecule has 0 radical (unpaired) electrons. The zero-order chi connectivity index (χ0) is 17.5. The number of hydrogen-bond acceptors (Lipinski definition) is 4. The number of hydrazine groups is 1. The van der Waals surface area contributed by atoms with Crippen LogP contribution in [0.4, 0.5) is 0 Å². The highest BCUT2D eigenvalue weighted by Crippen LogP contribution is 2.46. The Labute approximate surface area is 146 Å². The predicted octanol–water partition coefficient (Wildman–Crippen LogP) is 1.25. The van der Waals surface area contributed by atoms with Crippen LogP contribution in [0.2, 0.25) is 0 Å². The van der Waals surface area contributed by atoms with Crippen LogP contribution in [0.3, 0.4) is 0 Å². The maximum atomic E-state index is 12.4. The fraction of sp³-hybridized carbons (Fsp3) is 0.312. The van der Waals surface area contributed by atoms with Gasteiger partial charge >= 0.3 is 5.97 Å². The number of carbonyl (C=O) groups is 3. The Morgan fingerprint density at radius 1 is 1.21 bits per heavy atom. The van der Waals surface area contributed by atoms with Crippen molar-refractivity contribution in [3.05, 3.63) is 46.5 Å². The van der Waals surface area contributed by atoms with Crippen molar-refractivity contribution in [3.63, 3.8) is 0 Å². The molecule has 2 bridgehead atoms. The first-order chi connectivity index (χ1) is 11.3. The van der Waals surface area contributed by atoms with Crippen LogP contribution in [-0.4, -0.2) is 34.6 Å². The number of nitrogens with one attached hydrogen (secondary N) is 2. The fourth-order valence-corrected chi connectivity index (χ4v) is 3.41. The summed E-state index contributed by atoms with van der Waals surface area (Å²) >= 11 is 3.27. The Balaban J connectivity index is 1.68. The Bertz CT molecular complexity index is 732. The smallest absolute Gasteiger partial charge is 0.310 e. The van der Waals surface area contributed by atoms with Crippen molar-refractivity contribution in [1.29, 1.82) is 0 Å². The van der Waals surface area contributed by atoms with Crippen molar-refractivity contribution in [2.24, 2.45) is 11.8 Å². The van der Waals surface area contributed by atoms with Gasteiger partial charge in [-0.25, -0.2) is 0 Å². The van der Waals surface area contributed by atoms with E-state index in [-0.39, 0.29) is 0 Å². The average Bonchev–Trinajstić information content (AvgIpc) is 3.06. The number of carbonyl (C=O) groups excluding carboxylic acids is 2. The lowest BCUT2D eigenvalue weighted by molar-refractivity contribution is -0.147. The van der Waals surface area contributed by atoms with Crippen molar-refractivity contribution >= 4 is 33.7 Å². The van der Waals surface area contributed by atoms with E-state index < -0.39 is 41.3 Å². The van der Waals surface area contributed by atoms with Crippen molar-refractivity contribution in [1.82, 2.24) is 10.9 Å². The van der Waals surface area contributed by atoms with Crippen LogP contribution in [-0.2, 0) is 14.3 Å². The van der Waals surface area contributed by atoms with Crippen LogP contribution in [0, 0.1) is 11.8 Å². The molecular formula is C16H15BrN2O5. The van der Waals surface area contributed by atoms with Gasteiger partial charge in [0.2, 0.25) is 5.91 Å². The Morgan fingerprint density at radius 2 is 1.88 bits per heavy atom. The molecule has 8 heteroatoms. The van der Waals surface area contributed by atoms with Crippen LogP contribution in [0.15, 0.2) is 40.9 Å². The zero-order valence-electron chi connectivity index (χ0n) is 12.7. The van der Waals surface area contributed by atoms with Gasteiger partial charge in [0.05, 0.1) is 17.6 Å². The Kier molecular flexibility index (Phi) is 4.18. The van der Waals surface area contributed by atoms with Gasteiger partial charge in [-0.1, -0.05) is 28.1 Å². The summed E-state index contributed by atoms with van der Waals surface area (Å²) in [5.41, 5.74) is 3.99. The van der Waals surface area contributed by atoms with E-state index >= 15 is 0 Å². The van der Waals surface area contributed by atoms with Gasteiger partial charge in [0.15, 0.2) is 0 Å². The lowest BCUT2D eigenvalue weighted by Gasteiger charge is -2.27. The molecule has 24 heavy (non-hydrogen) atoms. The first-order valence-corrected chi connectivity index (χ1v) is 8.07. The van der Waals surface area contributed by atoms with Crippen LogP contribution < -0.4 is 10.9 Å². The Hall–Kier alpha value is -2.19. The molecule has 1 aromatic rings. The molecule has 0 unspecified atom stereocenters. The number of rotatable bonds is 3. The first-order valence-electron chi connectivity index (χ1n) is 7.27. The maximum absolute atomic E-state index is 12.4. The molecule has 1 fully saturated rings. The molecule has 3 N–H and O–H groups in total. The number of ether oxygens (including phenoxy) is 1. The second-order valence-corrected chi connectivity index (χ2v) is 6.83. The van der Waals surface area contributed by atoms with E-state index in [9.17, 15) is 19.5 Å². The van der Waals surface area contributed by atoms with Crippen LogP contribution in [0.5, 0.6) is 0 Å². The summed E-state index contributed by atoms with van der Waals surface area (Å²) in [5, 5.41) is 9.36. The normalized spacial score (nSPS) is 30.2. The van der Waals surface area contributed by atoms with E-state index in [1.165, 1.54) is 0 Å². The number of carboxylic acid groups (broad SMARTS) is 1. The fourth-order valence-electron chi connectivity index (χ4n) is 3.15. The molecule has 0 saturated carbocycles. The van der Waals surface area contributed by atoms with Crippen molar-refractivity contribution in [2.45, 2.75) is 18.6 Å². The van der Waals surface area contributed by atoms with Gasteiger partial charge in [0.1, 0.15) is 5.92 Å². The van der Waals surface area contributed by atoms with Gasteiger partial charge in [-0.05, 0) is 31.2 Å². The number of benzene rings is 1. The molecular weight excluding hydrogens is 380 g/mol. The van der Waals surface area contributed by atoms with Crippen molar-refractivity contribution < 1.29 is 24.2 Å². The van der Waals surface area contributed by atoms with Crippen LogP contribution >= 0.6 is 15.9 Å². The molecule has 2 heterocycles. The average molecular weight is 395 g/mol. The lowest BCUT2D eigenvalue weighted by atomic mass is 9.76. The van der Waals surface area contributed by atoms with Gasteiger partial charge in [-0.15, -0.1) is 0 Å². The summed E-state index contributed by atoms with van der Waals surface area (Å²) in [6, 6.07) is 6.59. The molecule has 126 valence electrons. The third-order valence-electron chi connectivity index (χ3n) is 4.31. The van der Waals surface area contributed by atoms with Crippen LogP contribution in [0.25, 0.3) is 0 Å². The summed E-state index contributed by atoms with van der Waals surface area (Å²) in [7, 11) is 0. The summed E-state index contributed by atoms with van der Waals surface area (Å²) in [6.07, 6.45) is 2.71. The summed E-state index contributed by atoms with van der Waals surface area (Å²) < 4.78 is 6.43. The van der Waals surface area contributed by atoms with E-state index in [2.05, 4.69) is 26.8 Å². The van der Waals surface area contributed by atoms with E-state index in [0.29, 0.717) is 5.56 Å². The monoisotopic (exact) mass is 394 g/mol. The molecule has 1 aromatic carbocycles. The number of hydrogen-bond donors (Lipinski definition) is 3. The highest BCUT2D eigenvalue weighted by molar-refractivity contribution is 9.10. The SMILES string of the molecule is C[C@@]12C=C[C@@H](O1)[C@@H](C(=O)O)[C@@H]2C(=O)NNC(=O)c1ccc(Br)cc1. The highest BCUT2D eigenvalue weighted by Gasteiger charge is 2.59. The Morgan fingerprint density at radius 3 is 2.50 bits per heavy atom. The molecule has 2 amide bonds. The number of amides is 2. The molecule has 4 atom stereocenters. The zero-order valence-corrected chi connectivity index (χ0v) is 14.2. The van der Waals surface area contributed by atoms with E-state index in [1.807, 2.05) is 0 Å². The first kappa shape index (κ1) is 16.7. The van der Waals surface area contributed by atoms with Gasteiger partial charge in [0.25, 0.3) is 5.91 Å². The molecule has 0 aliphatic carbocycles. The number of fused-ring (bicyclic) bond motifs is 2. The minimum atomic E-state index is -1.10. The van der Waals surface area contributed by atoms with Crippen molar-refractivity contribution in [2.75, 3.05) is 0 Å². The minimum Gasteiger partial charge on any atom is -0.481 e. The van der Waals surface area contributed by atoms with Gasteiger partial charge in [-0.3, -0.25) is 25.2 Å².